The van der Waals surface area contributed by atoms with E-state index in [2.05, 4.69) is 4.90 Å². The second kappa shape index (κ2) is 4.80. The summed E-state index contributed by atoms with van der Waals surface area (Å²) in [5.41, 5.74) is 1.04. The van der Waals surface area contributed by atoms with Gasteiger partial charge in [0.25, 0.3) is 0 Å². The highest BCUT2D eigenvalue weighted by Crippen LogP contribution is 2.22. The molecule has 1 aliphatic heterocycles. The van der Waals surface area contributed by atoms with Gasteiger partial charge >= 0.3 is 0 Å². The van der Waals surface area contributed by atoms with Crippen LogP contribution < -0.4 is 4.74 Å². The predicted octanol–water partition coefficient (Wildman–Crippen LogP) is 1.26. The van der Waals surface area contributed by atoms with Gasteiger partial charge in [0.2, 0.25) is 0 Å². The molecule has 4 heteroatoms. The first kappa shape index (κ1) is 11.4. The van der Waals surface area contributed by atoms with Crippen molar-refractivity contribution >= 4 is 0 Å². The minimum Gasteiger partial charge on any atom is -0.494 e. The van der Waals surface area contributed by atoms with Crippen LogP contribution in [0.5, 0.6) is 5.75 Å². The molecule has 0 spiro atoms. The van der Waals surface area contributed by atoms with Crippen LogP contribution >= 0.6 is 0 Å². The summed E-state index contributed by atoms with van der Waals surface area (Å²) < 4.78 is 18.1. The summed E-state index contributed by atoms with van der Waals surface area (Å²) in [4.78, 5) is 2.22. The average molecular weight is 225 g/mol. The average Bonchev–Trinajstić information content (AvgIpc) is 2.25. The quantitative estimate of drug-likeness (QED) is 0.837. The van der Waals surface area contributed by atoms with Gasteiger partial charge in [-0.1, -0.05) is 6.07 Å². The number of nitrogens with zero attached hydrogens (tertiary/aromatic N) is 1. The number of halogens is 1. The summed E-state index contributed by atoms with van der Waals surface area (Å²) >= 11 is 0. The number of hydrogen-bond donors (Lipinski definition) is 1. The van der Waals surface area contributed by atoms with Gasteiger partial charge in [-0.3, -0.25) is 4.90 Å². The number of benzene rings is 1. The zero-order chi connectivity index (χ0) is 11.5. The summed E-state index contributed by atoms with van der Waals surface area (Å²) in [6.45, 7) is 2.86. The van der Waals surface area contributed by atoms with Gasteiger partial charge < -0.3 is 9.84 Å². The lowest BCUT2D eigenvalue weighted by Gasteiger charge is -2.38. The molecule has 1 N–H and O–H groups in total. The molecule has 88 valence electrons. The SMILES string of the molecule is COc1cc(CN2CC(CO)C2)ccc1F. The van der Waals surface area contributed by atoms with E-state index < -0.39 is 0 Å². The maximum absolute atomic E-state index is 13.1. The monoisotopic (exact) mass is 225 g/mol. The molecule has 1 aliphatic rings. The Hall–Kier alpha value is -1.13. The molecule has 1 aromatic carbocycles. The number of rotatable bonds is 4. The van der Waals surface area contributed by atoms with Crippen molar-refractivity contribution in [1.29, 1.82) is 0 Å². The van der Waals surface area contributed by atoms with Crippen LogP contribution in [0.1, 0.15) is 5.56 Å². The van der Waals surface area contributed by atoms with E-state index in [1.54, 1.807) is 12.1 Å². The molecule has 0 bridgehead atoms. The van der Waals surface area contributed by atoms with Crippen molar-refractivity contribution in [3.8, 4) is 5.75 Å². The van der Waals surface area contributed by atoms with Crippen molar-refractivity contribution in [2.75, 3.05) is 26.8 Å². The summed E-state index contributed by atoms with van der Waals surface area (Å²) in [7, 11) is 1.47. The fourth-order valence-electron chi connectivity index (χ4n) is 1.98. The molecule has 2 rings (SSSR count). The second-order valence-corrected chi connectivity index (χ2v) is 4.21. The van der Waals surface area contributed by atoms with Crippen molar-refractivity contribution in [3.05, 3.63) is 29.6 Å². The number of aliphatic hydroxyl groups is 1. The van der Waals surface area contributed by atoms with E-state index in [9.17, 15) is 4.39 Å². The van der Waals surface area contributed by atoms with Gasteiger partial charge in [0.05, 0.1) is 7.11 Å². The smallest absolute Gasteiger partial charge is 0.165 e. The van der Waals surface area contributed by atoms with Crippen LogP contribution in [0.2, 0.25) is 0 Å². The van der Waals surface area contributed by atoms with E-state index in [4.69, 9.17) is 9.84 Å². The van der Waals surface area contributed by atoms with Crippen molar-refractivity contribution in [2.24, 2.45) is 5.92 Å². The third-order valence-electron chi connectivity index (χ3n) is 2.91. The van der Waals surface area contributed by atoms with E-state index in [1.807, 2.05) is 0 Å². The largest absolute Gasteiger partial charge is 0.494 e. The second-order valence-electron chi connectivity index (χ2n) is 4.21. The molecule has 1 fully saturated rings. The molecule has 0 aliphatic carbocycles. The molecule has 0 saturated carbocycles. The molecule has 1 heterocycles. The standard InChI is InChI=1S/C12H16FNO2/c1-16-12-4-9(2-3-11(12)13)5-14-6-10(7-14)8-15/h2-4,10,15H,5-8H2,1H3. The maximum atomic E-state index is 13.1. The van der Waals surface area contributed by atoms with Gasteiger partial charge in [0, 0.05) is 32.2 Å². The van der Waals surface area contributed by atoms with Crippen LogP contribution in [0.15, 0.2) is 18.2 Å². The molecule has 0 amide bonds. The highest BCUT2D eigenvalue weighted by Gasteiger charge is 2.25. The Labute approximate surface area is 94.4 Å². The number of methoxy groups -OCH3 is 1. The number of ether oxygens (including phenoxy) is 1. The van der Waals surface area contributed by atoms with Crippen LogP contribution in [0.3, 0.4) is 0 Å². The molecular formula is C12H16FNO2. The molecule has 3 nitrogen and oxygen atoms in total. The molecule has 1 aromatic rings. The number of hydrogen-bond acceptors (Lipinski definition) is 3. The first-order valence-electron chi connectivity index (χ1n) is 5.38. The minimum absolute atomic E-state index is 0.253. The van der Waals surface area contributed by atoms with Crippen molar-refractivity contribution in [3.63, 3.8) is 0 Å². The van der Waals surface area contributed by atoms with Gasteiger partial charge in [0.15, 0.2) is 11.6 Å². The van der Waals surface area contributed by atoms with E-state index in [0.717, 1.165) is 25.2 Å². The van der Waals surface area contributed by atoms with E-state index in [1.165, 1.54) is 13.2 Å². The Morgan fingerprint density at radius 3 is 2.88 bits per heavy atom. The van der Waals surface area contributed by atoms with E-state index >= 15 is 0 Å². The summed E-state index contributed by atoms with van der Waals surface area (Å²) in [6, 6.07) is 4.92. The summed E-state index contributed by atoms with van der Waals surface area (Å²) in [6.07, 6.45) is 0. The van der Waals surface area contributed by atoms with Crippen molar-refractivity contribution in [1.82, 2.24) is 4.90 Å². The van der Waals surface area contributed by atoms with Gasteiger partial charge in [-0.2, -0.15) is 0 Å². The zero-order valence-electron chi connectivity index (χ0n) is 9.32. The molecule has 0 atom stereocenters. The van der Waals surface area contributed by atoms with Crippen LogP contribution in [0.4, 0.5) is 4.39 Å². The normalized spacial score (nSPS) is 17.2. The Bertz CT molecular complexity index is 364. The summed E-state index contributed by atoms with van der Waals surface area (Å²) in [5.74, 6) is 0.363. The van der Waals surface area contributed by atoms with Gasteiger partial charge in [-0.15, -0.1) is 0 Å². The van der Waals surface area contributed by atoms with Crippen LogP contribution in [-0.2, 0) is 6.54 Å². The molecule has 0 aromatic heterocycles. The molecule has 0 unspecified atom stereocenters. The first-order valence-corrected chi connectivity index (χ1v) is 5.38. The zero-order valence-corrected chi connectivity index (χ0v) is 9.32. The predicted molar refractivity (Wildman–Crippen MR) is 58.8 cm³/mol. The fourth-order valence-corrected chi connectivity index (χ4v) is 1.98. The molecule has 16 heavy (non-hydrogen) atoms. The van der Waals surface area contributed by atoms with E-state index in [-0.39, 0.29) is 18.2 Å². The summed E-state index contributed by atoms with van der Waals surface area (Å²) in [5, 5.41) is 8.89. The lowest BCUT2D eigenvalue weighted by Crippen LogP contribution is -2.47. The van der Waals surface area contributed by atoms with Gasteiger partial charge in [-0.25, -0.2) is 4.39 Å². The molecule has 1 saturated heterocycles. The van der Waals surface area contributed by atoms with Crippen LogP contribution in [-0.4, -0.2) is 36.8 Å². The topological polar surface area (TPSA) is 32.7 Å². The van der Waals surface area contributed by atoms with Crippen molar-refractivity contribution < 1.29 is 14.2 Å². The molecular weight excluding hydrogens is 209 g/mol. The van der Waals surface area contributed by atoms with E-state index in [0.29, 0.717) is 5.92 Å². The third kappa shape index (κ3) is 2.33. The Morgan fingerprint density at radius 1 is 1.50 bits per heavy atom. The number of likely N-dealkylation sites (tertiary alicyclic amines) is 1. The van der Waals surface area contributed by atoms with Gasteiger partial charge in [-0.05, 0) is 17.7 Å². The van der Waals surface area contributed by atoms with Crippen LogP contribution in [0, 0.1) is 11.7 Å². The Balaban J connectivity index is 1.95. The number of aliphatic hydroxyl groups excluding tert-OH is 1. The van der Waals surface area contributed by atoms with Gasteiger partial charge in [0.1, 0.15) is 0 Å². The third-order valence-corrected chi connectivity index (χ3v) is 2.91. The molecule has 0 radical (unpaired) electrons. The Morgan fingerprint density at radius 2 is 2.25 bits per heavy atom. The minimum atomic E-state index is -0.330. The lowest BCUT2D eigenvalue weighted by atomic mass is 10.0. The first-order chi connectivity index (χ1) is 7.72. The fraction of sp³-hybridized carbons (Fsp3) is 0.500. The van der Waals surface area contributed by atoms with Crippen molar-refractivity contribution in [2.45, 2.75) is 6.54 Å². The Kier molecular flexibility index (Phi) is 3.41. The van der Waals surface area contributed by atoms with Crippen LogP contribution in [0.25, 0.3) is 0 Å². The maximum Gasteiger partial charge on any atom is 0.165 e. The highest BCUT2D eigenvalue weighted by molar-refractivity contribution is 5.30. The lowest BCUT2D eigenvalue weighted by molar-refractivity contribution is 0.0478. The highest BCUT2D eigenvalue weighted by atomic mass is 19.1.